The molecular formula is C21H24N4OS. The maximum absolute atomic E-state index is 12.6. The number of carbonyl (C=O) groups is 1. The molecule has 1 saturated heterocycles. The zero-order valence-corrected chi connectivity index (χ0v) is 16.1. The summed E-state index contributed by atoms with van der Waals surface area (Å²) in [4.78, 5) is 24.9. The highest BCUT2D eigenvalue weighted by atomic mass is 32.1. The first-order valence-electron chi connectivity index (χ1n) is 9.58. The number of nitrogens with one attached hydrogen (secondary N) is 1. The van der Waals surface area contributed by atoms with Gasteiger partial charge in [0.2, 0.25) is 5.91 Å². The number of anilines is 1. The number of aromatic nitrogens is 2. The lowest BCUT2D eigenvalue weighted by Gasteiger charge is -2.31. The first kappa shape index (κ1) is 17.9. The van der Waals surface area contributed by atoms with E-state index in [1.165, 1.54) is 5.56 Å². The second-order valence-corrected chi connectivity index (χ2v) is 7.95. The predicted molar refractivity (Wildman–Crippen MR) is 110 cm³/mol. The monoisotopic (exact) mass is 380 g/mol. The van der Waals surface area contributed by atoms with E-state index < -0.39 is 0 Å². The number of pyridine rings is 1. The normalized spacial score (nSPS) is 17.2. The summed E-state index contributed by atoms with van der Waals surface area (Å²) in [6, 6.07) is 14.3. The number of aryl methyl sites for hydroxylation is 1. The number of amides is 1. The van der Waals surface area contributed by atoms with Crippen LogP contribution in [0.3, 0.4) is 0 Å². The summed E-state index contributed by atoms with van der Waals surface area (Å²) in [5, 5.41) is 4.10. The molecule has 1 aliphatic heterocycles. The van der Waals surface area contributed by atoms with Gasteiger partial charge in [-0.05, 0) is 43.4 Å². The fourth-order valence-electron chi connectivity index (χ4n) is 3.55. The molecule has 0 radical (unpaired) electrons. The number of thiazole rings is 1. The molecule has 5 nitrogen and oxygen atoms in total. The van der Waals surface area contributed by atoms with Crippen molar-refractivity contribution in [3.8, 4) is 0 Å². The molecule has 6 heteroatoms. The van der Waals surface area contributed by atoms with Gasteiger partial charge in [-0.25, -0.2) is 9.97 Å². The molecule has 4 rings (SSSR count). The zero-order chi connectivity index (χ0) is 18.5. The molecule has 0 bridgehead atoms. The van der Waals surface area contributed by atoms with Gasteiger partial charge in [0, 0.05) is 25.8 Å². The van der Waals surface area contributed by atoms with Crippen molar-refractivity contribution in [3.05, 3.63) is 54.2 Å². The average Bonchev–Trinajstić information content (AvgIpc) is 3.16. The number of piperidine rings is 1. The Morgan fingerprint density at radius 3 is 2.96 bits per heavy atom. The van der Waals surface area contributed by atoms with Crippen LogP contribution < -0.4 is 10.2 Å². The highest BCUT2D eigenvalue weighted by molar-refractivity contribution is 7.21. The smallest absolute Gasteiger partial charge is 0.224 e. The Balaban J connectivity index is 1.29. The van der Waals surface area contributed by atoms with Crippen LogP contribution in [0, 0.1) is 5.92 Å². The van der Waals surface area contributed by atoms with Crippen molar-refractivity contribution in [2.45, 2.75) is 25.7 Å². The molecule has 0 saturated carbocycles. The third-order valence-corrected chi connectivity index (χ3v) is 6.04. The fraction of sp³-hybridized carbons (Fsp3) is 0.381. The zero-order valence-electron chi connectivity index (χ0n) is 15.3. The van der Waals surface area contributed by atoms with E-state index in [4.69, 9.17) is 0 Å². The van der Waals surface area contributed by atoms with Gasteiger partial charge >= 0.3 is 0 Å². The van der Waals surface area contributed by atoms with Crippen molar-refractivity contribution in [1.82, 2.24) is 15.3 Å². The van der Waals surface area contributed by atoms with Crippen LogP contribution in [0.2, 0.25) is 0 Å². The minimum atomic E-state index is 0.0375. The largest absolute Gasteiger partial charge is 0.356 e. The van der Waals surface area contributed by atoms with E-state index in [1.54, 1.807) is 17.5 Å². The molecule has 2 aromatic heterocycles. The first-order valence-corrected chi connectivity index (χ1v) is 10.4. The number of nitrogens with zero attached hydrogens (tertiary/aromatic N) is 3. The number of hydrogen-bond acceptors (Lipinski definition) is 5. The molecule has 3 heterocycles. The summed E-state index contributed by atoms with van der Waals surface area (Å²) in [5.41, 5.74) is 2.25. The van der Waals surface area contributed by atoms with Gasteiger partial charge < -0.3 is 10.2 Å². The first-order chi connectivity index (χ1) is 13.3. The van der Waals surface area contributed by atoms with Crippen molar-refractivity contribution in [3.63, 3.8) is 0 Å². The highest BCUT2D eigenvalue weighted by Crippen LogP contribution is 2.30. The molecule has 1 fully saturated rings. The molecule has 1 unspecified atom stereocenters. The van der Waals surface area contributed by atoms with Crippen LogP contribution in [-0.4, -0.2) is 35.5 Å². The van der Waals surface area contributed by atoms with Gasteiger partial charge in [0.25, 0.3) is 0 Å². The van der Waals surface area contributed by atoms with E-state index in [0.717, 1.165) is 60.8 Å². The Kier molecular flexibility index (Phi) is 5.63. The van der Waals surface area contributed by atoms with E-state index in [2.05, 4.69) is 44.5 Å². The third-order valence-electron chi connectivity index (χ3n) is 5.00. The topological polar surface area (TPSA) is 58.1 Å². The van der Waals surface area contributed by atoms with E-state index in [0.29, 0.717) is 0 Å². The SMILES string of the molecule is O=C(NCCCc1ccccc1)C1CCCN(c2nc3cccnc3s2)C1. The average molecular weight is 381 g/mol. The summed E-state index contributed by atoms with van der Waals surface area (Å²) in [5.74, 6) is 0.211. The standard InChI is InChI=1S/C21H24N4OS/c26-19(22-12-4-9-16-7-2-1-3-8-16)17-10-6-14-25(15-17)21-24-18-11-5-13-23-20(18)27-21/h1-3,5,7-8,11,13,17H,4,6,9-10,12,14-15H2,(H,22,26). The van der Waals surface area contributed by atoms with Gasteiger partial charge in [0.05, 0.1) is 5.92 Å². The van der Waals surface area contributed by atoms with Gasteiger partial charge in [-0.2, -0.15) is 0 Å². The van der Waals surface area contributed by atoms with E-state index >= 15 is 0 Å². The van der Waals surface area contributed by atoms with Crippen LogP contribution in [0.4, 0.5) is 5.13 Å². The molecular weight excluding hydrogens is 356 g/mol. The maximum atomic E-state index is 12.6. The van der Waals surface area contributed by atoms with Crippen LogP contribution >= 0.6 is 11.3 Å². The summed E-state index contributed by atoms with van der Waals surface area (Å²) >= 11 is 1.61. The van der Waals surface area contributed by atoms with Crippen LogP contribution in [0.25, 0.3) is 10.3 Å². The van der Waals surface area contributed by atoms with Crippen molar-refractivity contribution >= 4 is 32.7 Å². The number of carbonyl (C=O) groups excluding carboxylic acids is 1. The van der Waals surface area contributed by atoms with E-state index in [1.807, 2.05) is 18.2 Å². The Labute approximate surface area is 163 Å². The van der Waals surface area contributed by atoms with Crippen molar-refractivity contribution < 1.29 is 4.79 Å². The second kappa shape index (κ2) is 8.48. The lowest BCUT2D eigenvalue weighted by molar-refractivity contribution is -0.125. The molecule has 0 aliphatic carbocycles. The summed E-state index contributed by atoms with van der Waals surface area (Å²) in [6.45, 7) is 2.43. The molecule has 3 aromatic rings. The molecule has 1 amide bonds. The van der Waals surface area contributed by atoms with Crippen LogP contribution in [0.15, 0.2) is 48.7 Å². The maximum Gasteiger partial charge on any atom is 0.224 e. The summed E-state index contributed by atoms with van der Waals surface area (Å²) in [7, 11) is 0. The van der Waals surface area contributed by atoms with Crippen LogP contribution in [0.5, 0.6) is 0 Å². The van der Waals surface area contributed by atoms with Crippen molar-refractivity contribution in [1.29, 1.82) is 0 Å². The van der Waals surface area contributed by atoms with Gasteiger partial charge in [0.1, 0.15) is 10.3 Å². The van der Waals surface area contributed by atoms with Gasteiger partial charge in [0.15, 0.2) is 5.13 Å². The number of fused-ring (bicyclic) bond motifs is 1. The lowest BCUT2D eigenvalue weighted by Crippen LogP contribution is -2.43. The Morgan fingerprint density at radius 2 is 2.11 bits per heavy atom. The predicted octanol–water partition coefficient (Wildman–Crippen LogP) is 3.66. The molecule has 0 spiro atoms. The van der Waals surface area contributed by atoms with E-state index in [9.17, 15) is 4.79 Å². The second-order valence-electron chi connectivity index (χ2n) is 6.99. The summed E-state index contributed by atoms with van der Waals surface area (Å²) < 4.78 is 0. The molecule has 1 aliphatic rings. The minimum absolute atomic E-state index is 0.0375. The quantitative estimate of drug-likeness (QED) is 0.663. The fourth-order valence-corrected chi connectivity index (χ4v) is 4.50. The van der Waals surface area contributed by atoms with Crippen molar-refractivity contribution in [2.24, 2.45) is 5.92 Å². The highest BCUT2D eigenvalue weighted by Gasteiger charge is 2.27. The Morgan fingerprint density at radius 1 is 1.22 bits per heavy atom. The molecule has 1 atom stereocenters. The van der Waals surface area contributed by atoms with Crippen LogP contribution in [0.1, 0.15) is 24.8 Å². The van der Waals surface area contributed by atoms with Gasteiger partial charge in [-0.3, -0.25) is 4.79 Å². The van der Waals surface area contributed by atoms with Gasteiger partial charge in [-0.15, -0.1) is 0 Å². The number of benzene rings is 1. The van der Waals surface area contributed by atoms with E-state index in [-0.39, 0.29) is 11.8 Å². The van der Waals surface area contributed by atoms with Crippen LogP contribution in [-0.2, 0) is 11.2 Å². The Hall–Kier alpha value is -2.47. The van der Waals surface area contributed by atoms with Gasteiger partial charge in [-0.1, -0.05) is 41.7 Å². The molecule has 140 valence electrons. The lowest BCUT2D eigenvalue weighted by atomic mass is 9.97. The van der Waals surface area contributed by atoms with Crippen molar-refractivity contribution in [2.75, 3.05) is 24.5 Å². The minimum Gasteiger partial charge on any atom is -0.356 e. The Bertz CT molecular complexity index is 862. The number of rotatable bonds is 6. The molecule has 27 heavy (non-hydrogen) atoms. The number of hydrogen-bond donors (Lipinski definition) is 1. The molecule has 1 aromatic carbocycles. The third kappa shape index (κ3) is 4.45. The molecule has 1 N–H and O–H groups in total. The summed E-state index contributed by atoms with van der Waals surface area (Å²) in [6.07, 6.45) is 5.73.